The van der Waals surface area contributed by atoms with Gasteiger partial charge >= 0.3 is 0 Å². The van der Waals surface area contributed by atoms with Crippen molar-refractivity contribution < 1.29 is 5.11 Å². The van der Waals surface area contributed by atoms with Crippen molar-refractivity contribution >= 4 is 16.7 Å². The number of benzene rings is 2. The summed E-state index contributed by atoms with van der Waals surface area (Å²) in [5.74, 6) is 1.30. The minimum Gasteiger partial charge on any atom is -0.387 e. The van der Waals surface area contributed by atoms with Gasteiger partial charge in [-0.05, 0) is 29.8 Å². The van der Waals surface area contributed by atoms with E-state index in [9.17, 15) is 5.11 Å². The second kappa shape index (κ2) is 7.29. The van der Waals surface area contributed by atoms with E-state index in [0.29, 0.717) is 18.2 Å². The number of hydrogen-bond acceptors (Lipinski definition) is 5. The summed E-state index contributed by atoms with van der Waals surface area (Å²) >= 11 is 0. The SMILES string of the molecule is O[C@H](CNc1nc(-c2cccnc2)nc2ccccc12)c1ccccc1. The van der Waals surface area contributed by atoms with Gasteiger partial charge in [0, 0.05) is 29.9 Å². The van der Waals surface area contributed by atoms with Gasteiger partial charge in [-0.2, -0.15) is 0 Å². The first-order valence-electron chi connectivity index (χ1n) is 8.45. The van der Waals surface area contributed by atoms with E-state index in [-0.39, 0.29) is 0 Å². The Morgan fingerprint density at radius 2 is 1.69 bits per heavy atom. The van der Waals surface area contributed by atoms with Gasteiger partial charge in [-0.15, -0.1) is 0 Å². The van der Waals surface area contributed by atoms with Gasteiger partial charge in [0.15, 0.2) is 5.82 Å². The van der Waals surface area contributed by atoms with Gasteiger partial charge in [-0.1, -0.05) is 42.5 Å². The molecule has 0 radical (unpaired) electrons. The normalized spacial score (nSPS) is 12.0. The monoisotopic (exact) mass is 342 g/mol. The first kappa shape index (κ1) is 16.2. The lowest BCUT2D eigenvalue weighted by atomic mass is 10.1. The zero-order valence-corrected chi connectivity index (χ0v) is 14.1. The van der Waals surface area contributed by atoms with Crippen molar-refractivity contribution in [3.05, 3.63) is 84.7 Å². The number of aliphatic hydroxyl groups excluding tert-OH is 1. The summed E-state index contributed by atoms with van der Waals surface area (Å²) in [6.45, 7) is 0.359. The Kier molecular flexibility index (Phi) is 4.53. The molecule has 0 aliphatic carbocycles. The van der Waals surface area contributed by atoms with Gasteiger partial charge in [-0.3, -0.25) is 4.98 Å². The zero-order chi connectivity index (χ0) is 17.8. The largest absolute Gasteiger partial charge is 0.387 e. The van der Waals surface area contributed by atoms with E-state index in [2.05, 4.69) is 20.3 Å². The van der Waals surface area contributed by atoms with Gasteiger partial charge in [0.05, 0.1) is 11.6 Å². The lowest BCUT2D eigenvalue weighted by Crippen LogP contribution is -2.13. The van der Waals surface area contributed by atoms with Crippen molar-refractivity contribution in [3.8, 4) is 11.4 Å². The van der Waals surface area contributed by atoms with Crippen LogP contribution in [0, 0.1) is 0 Å². The van der Waals surface area contributed by atoms with Crippen LogP contribution in [0.3, 0.4) is 0 Å². The molecule has 0 amide bonds. The van der Waals surface area contributed by atoms with Gasteiger partial charge in [0.1, 0.15) is 5.82 Å². The minimum absolute atomic E-state index is 0.359. The molecule has 2 heterocycles. The lowest BCUT2D eigenvalue weighted by molar-refractivity contribution is 0.191. The molecule has 0 aliphatic heterocycles. The topological polar surface area (TPSA) is 70.9 Å². The number of fused-ring (bicyclic) bond motifs is 1. The van der Waals surface area contributed by atoms with Crippen molar-refractivity contribution in [2.45, 2.75) is 6.10 Å². The van der Waals surface area contributed by atoms with Crippen molar-refractivity contribution in [2.24, 2.45) is 0 Å². The highest BCUT2D eigenvalue weighted by atomic mass is 16.3. The number of aliphatic hydroxyl groups is 1. The fraction of sp³-hybridized carbons (Fsp3) is 0.0952. The molecule has 0 saturated heterocycles. The van der Waals surface area contributed by atoms with Crippen LogP contribution in [0.1, 0.15) is 11.7 Å². The predicted molar refractivity (Wildman–Crippen MR) is 103 cm³/mol. The van der Waals surface area contributed by atoms with Crippen LogP contribution in [0.2, 0.25) is 0 Å². The van der Waals surface area contributed by atoms with E-state index >= 15 is 0 Å². The Morgan fingerprint density at radius 1 is 0.885 bits per heavy atom. The van der Waals surface area contributed by atoms with Crippen LogP contribution in [0.5, 0.6) is 0 Å². The summed E-state index contributed by atoms with van der Waals surface area (Å²) in [4.78, 5) is 13.4. The van der Waals surface area contributed by atoms with Crippen LogP contribution in [-0.2, 0) is 0 Å². The molecule has 0 saturated carbocycles. The molecule has 2 N–H and O–H groups in total. The van der Waals surface area contributed by atoms with E-state index in [1.807, 2.05) is 66.7 Å². The molecule has 0 spiro atoms. The fourth-order valence-electron chi connectivity index (χ4n) is 2.82. The van der Waals surface area contributed by atoms with Crippen LogP contribution >= 0.6 is 0 Å². The molecule has 4 rings (SSSR count). The maximum Gasteiger partial charge on any atom is 0.163 e. The standard InChI is InChI=1S/C21H18N4O/c26-19(15-7-2-1-3-8-15)14-23-21-17-10-4-5-11-18(17)24-20(25-21)16-9-6-12-22-13-16/h1-13,19,26H,14H2,(H,23,24,25)/t19-/m1/s1. The molecule has 2 aromatic carbocycles. The van der Waals surface area contributed by atoms with Crippen LogP contribution in [0.25, 0.3) is 22.3 Å². The second-order valence-corrected chi connectivity index (χ2v) is 5.96. The third-order valence-electron chi connectivity index (χ3n) is 4.17. The number of aromatic nitrogens is 3. The zero-order valence-electron chi connectivity index (χ0n) is 14.1. The Morgan fingerprint density at radius 3 is 2.50 bits per heavy atom. The summed E-state index contributed by atoms with van der Waals surface area (Å²) in [5, 5.41) is 14.6. The summed E-state index contributed by atoms with van der Waals surface area (Å²) in [5.41, 5.74) is 2.56. The quantitative estimate of drug-likeness (QED) is 0.577. The van der Waals surface area contributed by atoms with E-state index in [0.717, 1.165) is 22.0 Å². The van der Waals surface area contributed by atoms with Gasteiger partial charge in [-0.25, -0.2) is 9.97 Å². The Balaban J connectivity index is 1.67. The summed E-state index contributed by atoms with van der Waals surface area (Å²) < 4.78 is 0. The number of nitrogens with one attached hydrogen (secondary N) is 1. The van der Waals surface area contributed by atoms with Crippen molar-refractivity contribution in [1.82, 2.24) is 15.0 Å². The first-order chi connectivity index (χ1) is 12.8. The van der Waals surface area contributed by atoms with Gasteiger partial charge < -0.3 is 10.4 Å². The first-order valence-corrected chi connectivity index (χ1v) is 8.45. The molecule has 26 heavy (non-hydrogen) atoms. The van der Waals surface area contributed by atoms with Gasteiger partial charge in [0.2, 0.25) is 0 Å². The highest BCUT2D eigenvalue weighted by Gasteiger charge is 2.12. The molecule has 5 heteroatoms. The van der Waals surface area contributed by atoms with Crippen LogP contribution < -0.4 is 5.32 Å². The second-order valence-electron chi connectivity index (χ2n) is 5.96. The fourth-order valence-corrected chi connectivity index (χ4v) is 2.82. The van der Waals surface area contributed by atoms with Crippen molar-refractivity contribution in [1.29, 1.82) is 0 Å². The highest BCUT2D eigenvalue weighted by molar-refractivity contribution is 5.90. The molecule has 4 aromatic rings. The van der Waals surface area contributed by atoms with Crippen LogP contribution in [0.4, 0.5) is 5.82 Å². The van der Waals surface area contributed by atoms with E-state index in [4.69, 9.17) is 0 Å². The summed E-state index contributed by atoms with van der Waals surface area (Å²) in [6.07, 6.45) is 2.85. The molecule has 0 aliphatic rings. The van der Waals surface area contributed by atoms with E-state index in [1.54, 1.807) is 12.4 Å². The molecule has 1 atom stereocenters. The van der Waals surface area contributed by atoms with Crippen molar-refractivity contribution in [3.63, 3.8) is 0 Å². The lowest BCUT2D eigenvalue weighted by Gasteiger charge is -2.15. The molecule has 5 nitrogen and oxygen atoms in total. The molecule has 0 bridgehead atoms. The maximum atomic E-state index is 10.4. The summed E-state index contributed by atoms with van der Waals surface area (Å²) in [6, 6.07) is 21.2. The molecule has 128 valence electrons. The number of nitrogens with zero attached hydrogens (tertiary/aromatic N) is 3. The number of rotatable bonds is 5. The Labute approximate surface area is 151 Å². The molecular formula is C21H18N4O. The molecular weight excluding hydrogens is 324 g/mol. The number of hydrogen-bond donors (Lipinski definition) is 2. The maximum absolute atomic E-state index is 10.4. The number of pyridine rings is 1. The summed E-state index contributed by atoms with van der Waals surface area (Å²) in [7, 11) is 0. The molecule has 0 fully saturated rings. The third kappa shape index (κ3) is 3.38. The smallest absolute Gasteiger partial charge is 0.163 e. The predicted octanol–water partition coefficient (Wildman–Crippen LogP) is 3.84. The van der Waals surface area contributed by atoms with Crippen molar-refractivity contribution in [2.75, 3.05) is 11.9 Å². The third-order valence-corrected chi connectivity index (χ3v) is 4.17. The number of para-hydroxylation sites is 1. The number of anilines is 1. The Bertz CT molecular complexity index is 1010. The Hall–Kier alpha value is -3.31. The van der Waals surface area contributed by atoms with Crippen LogP contribution in [0.15, 0.2) is 79.1 Å². The van der Waals surface area contributed by atoms with E-state index < -0.39 is 6.10 Å². The van der Waals surface area contributed by atoms with Crippen LogP contribution in [-0.4, -0.2) is 26.6 Å². The highest BCUT2D eigenvalue weighted by Crippen LogP contribution is 2.25. The molecule has 2 aromatic heterocycles. The average molecular weight is 342 g/mol. The average Bonchev–Trinajstić information content (AvgIpc) is 2.73. The van der Waals surface area contributed by atoms with Gasteiger partial charge in [0.25, 0.3) is 0 Å². The molecule has 0 unspecified atom stereocenters. The van der Waals surface area contributed by atoms with E-state index in [1.165, 1.54) is 0 Å². The minimum atomic E-state index is -0.619.